The number of nitrogens with one attached hydrogen (secondary N) is 2. The summed E-state index contributed by atoms with van der Waals surface area (Å²) in [6, 6.07) is 7.14. The molecule has 2 N–H and O–H groups in total. The summed E-state index contributed by atoms with van der Waals surface area (Å²) in [5.41, 5.74) is 0.635. The molecular formula is C15H13F2N3O3. The lowest BCUT2D eigenvalue weighted by Gasteiger charge is -2.10. The molecule has 2 rings (SSSR count). The van der Waals surface area contributed by atoms with Gasteiger partial charge < -0.3 is 10.6 Å². The van der Waals surface area contributed by atoms with Crippen LogP contribution < -0.4 is 10.6 Å². The number of halogens is 2. The van der Waals surface area contributed by atoms with E-state index in [1.807, 2.05) is 0 Å². The predicted molar refractivity (Wildman–Crippen MR) is 81.3 cm³/mol. The molecule has 1 amide bonds. The topological polar surface area (TPSA) is 84.3 Å². The molecule has 0 aliphatic heterocycles. The molecule has 8 heteroatoms. The predicted octanol–water partition coefficient (Wildman–Crippen LogP) is 3.23. The second kappa shape index (κ2) is 6.82. The van der Waals surface area contributed by atoms with E-state index in [1.165, 1.54) is 25.1 Å². The van der Waals surface area contributed by atoms with Gasteiger partial charge >= 0.3 is 0 Å². The van der Waals surface area contributed by atoms with Crippen LogP contribution in [0.3, 0.4) is 0 Å². The minimum absolute atomic E-state index is 0.108. The van der Waals surface area contributed by atoms with Crippen LogP contribution in [0.2, 0.25) is 0 Å². The molecule has 0 fully saturated rings. The van der Waals surface area contributed by atoms with E-state index in [0.29, 0.717) is 11.3 Å². The summed E-state index contributed by atoms with van der Waals surface area (Å²) in [4.78, 5) is 22.2. The van der Waals surface area contributed by atoms with Gasteiger partial charge in [-0.15, -0.1) is 0 Å². The van der Waals surface area contributed by atoms with Crippen LogP contribution in [0.5, 0.6) is 0 Å². The standard InChI is InChI=1S/C15H13F2N3O3/c1-9-13(3-2-4-14(9)20(22)23)19-15(21)8-18-12-6-10(16)5-11(17)7-12/h2-7,18H,8H2,1H3,(H,19,21). The average Bonchev–Trinajstić information content (AvgIpc) is 2.46. The highest BCUT2D eigenvalue weighted by atomic mass is 19.1. The van der Waals surface area contributed by atoms with Gasteiger partial charge in [-0.25, -0.2) is 8.78 Å². The first-order valence-corrected chi connectivity index (χ1v) is 6.60. The third-order valence-corrected chi connectivity index (χ3v) is 3.09. The molecule has 0 aliphatic carbocycles. The van der Waals surface area contributed by atoms with Gasteiger partial charge in [-0.1, -0.05) is 6.07 Å². The molecule has 2 aromatic carbocycles. The number of nitro groups is 1. The molecule has 0 bridgehead atoms. The molecular weight excluding hydrogens is 308 g/mol. The van der Waals surface area contributed by atoms with Crippen LogP contribution in [-0.2, 0) is 4.79 Å². The Labute approximate surface area is 130 Å². The van der Waals surface area contributed by atoms with E-state index in [1.54, 1.807) is 0 Å². The Hall–Kier alpha value is -3.03. The minimum Gasteiger partial charge on any atom is -0.376 e. The van der Waals surface area contributed by atoms with Crippen molar-refractivity contribution in [2.45, 2.75) is 6.92 Å². The Morgan fingerprint density at radius 3 is 2.48 bits per heavy atom. The number of hydrogen-bond acceptors (Lipinski definition) is 4. The summed E-state index contributed by atoms with van der Waals surface area (Å²) in [7, 11) is 0. The molecule has 0 spiro atoms. The fourth-order valence-corrected chi connectivity index (χ4v) is 1.99. The van der Waals surface area contributed by atoms with E-state index in [-0.39, 0.29) is 17.9 Å². The summed E-state index contributed by atoms with van der Waals surface area (Å²) in [5, 5.41) is 15.9. The van der Waals surface area contributed by atoms with Crippen molar-refractivity contribution in [3.63, 3.8) is 0 Å². The molecule has 0 aliphatic rings. The number of hydrogen-bond donors (Lipinski definition) is 2. The largest absolute Gasteiger partial charge is 0.376 e. The molecule has 0 radical (unpaired) electrons. The lowest BCUT2D eigenvalue weighted by Crippen LogP contribution is -2.22. The van der Waals surface area contributed by atoms with Gasteiger partial charge in [0.25, 0.3) is 5.69 Å². The van der Waals surface area contributed by atoms with Gasteiger partial charge in [0.2, 0.25) is 5.91 Å². The maximum absolute atomic E-state index is 13.0. The number of anilines is 2. The fourth-order valence-electron chi connectivity index (χ4n) is 1.99. The second-order valence-corrected chi connectivity index (χ2v) is 4.77. The van der Waals surface area contributed by atoms with Crippen molar-refractivity contribution in [1.29, 1.82) is 0 Å². The molecule has 0 saturated heterocycles. The zero-order chi connectivity index (χ0) is 17.0. The Balaban J connectivity index is 2.03. The van der Waals surface area contributed by atoms with Crippen LogP contribution in [-0.4, -0.2) is 17.4 Å². The number of amides is 1. The van der Waals surface area contributed by atoms with Crippen LogP contribution in [0, 0.1) is 28.7 Å². The van der Waals surface area contributed by atoms with E-state index >= 15 is 0 Å². The van der Waals surface area contributed by atoms with E-state index in [0.717, 1.165) is 18.2 Å². The van der Waals surface area contributed by atoms with Crippen LogP contribution in [0.15, 0.2) is 36.4 Å². The zero-order valence-electron chi connectivity index (χ0n) is 12.1. The minimum atomic E-state index is -0.762. The van der Waals surface area contributed by atoms with Gasteiger partial charge in [-0.05, 0) is 25.1 Å². The number of nitrogens with zero attached hydrogens (tertiary/aromatic N) is 1. The van der Waals surface area contributed by atoms with Crippen molar-refractivity contribution >= 4 is 23.0 Å². The summed E-state index contributed by atoms with van der Waals surface area (Å²) >= 11 is 0. The number of carbonyl (C=O) groups excluding carboxylic acids is 1. The zero-order valence-corrected chi connectivity index (χ0v) is 12.1. The van der Waals surface area contributed by atoms with Crippen molar-refractivity contribution < 1.29 is 18.5 Å². The lowest BCUT2D eigenvalue weighted by atomic mass is 10.1. The normalized spacial score (nSPS) is 10.2. The SMILES string of the molecule is Cc1c(NC(=O)CNc2cc(F)cc(F)c2)cccc1[N+](=O)[O-]. The van der Waals surface area contributed by atoms with E-state index < -0.39 is 22.5 Å². The van der Waals surface area contributed by atoms with Crippen molar-refractivity contribution in [2.24, 2.45) is 0 Å². The molecule has 120 valence electrons. The average molecular weight is 321 g/mol. The van der Waals surface area contributed by atoms with Crippen molar-refractivity contribution in [2.75, 3.05) is 17.2 Å². The Kier molecular flexibility index (Phi) is 4.85. The van der Waals surface area contributed by atoms with E-state index in [2.05, 4.69) is 10.6 Å². The van der Waals surface area contributed by atoms with Crippen LogP contribution >= 0.6 is 0 Å². The number of carbonyl (C=O) groups is 1. The first-order chi connectivity index (χ1) is 10.9. The second-order valence-electron chi connectivity index (χ2n) is 4.77. The fraction of sp³-hybridized carbons (Fsp3) is 0.133. The quantitative estimate of drug-likeness (QED) is 0.654. The Morgan fingerprint density at radius 2 is 1.87 bits per heavy atom. The summed E-state index contributed by atoms with van der Waals surface area (Å²) in [5.74, 6) is -2.02. The molecule has 23 heavy (non-hydrogen) atoms. The first kappa shape index (κ1) is 16.3. The van der Waals surface area contributed by atoms with E-state index in [9.17, 15) is 23.7 Å². The summed E-state index contributed by atoms with van der Waals surface area (Å²) < 4.78 is 26.1. The summed E-state index contributed by atoms with van der Waals surface area (Å²) in [6.07, 6.45) is 0. The molecule has 0 heterocycles. The highest BCUT2D eigenvalue weighted by molar-refractivity contribution is 5.94. The number of nitro benzene ring substituents is 1. The molecule has 0 atom stereocenters. The monoisotopic (exact) mass is 321 g/mol. The summed E-state index contributed by atoms with van der Waals surface area (Å²) in [6.45, 7) is 1.27. The third-order valence-electron chi connectivity index (χ3n) is 3.09. The van der Waals surface area contributed by atoms with Gasteiger partial charge in [0.15, 0.2) is 0 Å². The molecule has 0 aromatic heterocycles. The van der Waals surface area contributed by atoms with Crippen LogP contribution in [0.25, 0.3) is 0 Å². The van der Waals surface area contributed by atoms with Gasteiger partial charge in [0, 0.05) is 17.8 Å². The maximum atomic E-state index is 13.0. The highest BCUT2D eigenvalue weighted by Crippen LogP contribution is 2.24. The highest BCUT2D eigenvalue weighted by Gasteiger charge is 2.14. The third kappa shape index (κ3) is 4.22. The van der Waals surface area contributed by atoms with Gasteiger partial charge in [0.05, 0.1) is 22.7 Å². The van der Waals surface area contributed by atoms with Gasteiger partial charge in [0.1, 0.15) is 11.6 Å². The molecule has 6 nitrogen and oxygen atoms in total. The molecule has 0 saturated carbocycles. The molecule has 0 unspecified atom stereocenters. The lowest BCUT2D eigenvalue weighted by molar-refractivity contribution is -0.385. The number of benzene rings is 2. The maximum Gasteiger partial charge on any atom is 0.274 e. The van der Waals surface area contributed by atoms with Crippen molar-refractivity contribution in [3.05, 3.63) is 63.7 Å². The molecule has 2 aromatic rings. The van der Waals surface area contributed by atoms with Crippen molar-refractivity contribution in [1.82, 2.24) is 0 Å². The Morgan fingerprint density at radius 1 is 1.22 bits per heavy atom. The van der Waals surface area contributed by atoms with Gasteiger partial charge in [-0.2, -0.15) is 0 Å². The first-order valence-electron chi connectivity index (χ1n) is 6.60. The van der Waals surface area contributed by atoms with E-state index in [4.69, 9.17) is 0 Å². The number of rotatable bonds is 5. The van der Waals surface area contributed by atoms with Crippen molar-refractivity contribution in [3.8, 4) is 0 Å². The smallest absolute Gasteiger partial charge is 0.274 e. The Bertz CT molecular complexity index is 745. The van der Waals surface area contributed by atoms with Crippen LogP contribution in [0.1, 0.15) is 5.56 Å². The van der Waals surface area contributed by atoms with Gasteiger partial charge in [-0.3, -0.25) is 14.9 Å². The van der Waals surface area contributed by atoms with Crippen LogP contribution in [0.4, 0.5) is 25.8 Å².